The molecule has 0 bridgehead atoms. The molecule has 1 aromatic heterocycles. The van der Waals surface area contributed by atoms with Crippen LogP contribution in [0.2, 0.25) is 0 Å². The van der Waals surface area contributed by atoms with Crippen LogP contribution in [-0.4, -0.2) is 35.4 Å². The van der Waals surface area contributed by atoms with Crippen molar-refractivity contribution in [1.82, 2.24) is 10.2 Å². The summed E-state index contributed by atoms with van der Waals surface area (Å²) in [5, 5.41) is 15.5. The normalized spacial score (nSPS) is 15.5. The maximum absolute atomic E-state index is 11.9. The largest absolute Gasteiger partial charge is 0.342 e. The number of nitrogens with zero attached hydrogens (tertiary/aromatic N) is 2. The van der Waals surface area contributed by atoms with Crippen LogP contribution in [0.1, 0.15) is 24.8 Å². The van der Waals surface area contributed by atoms with Crippen LogP contribution in [0.4, 0.5) is 5.00 Å². The Labute approximate surface area is 115 Å². The van der Waals surface area contributed by atoms with E-state index in [2.05, 4.69) is 5.32 Å². The van der Waals surface area contributed by atoms with Gasteiger partial charge < -0.3 is 10.2 Å². The van der Waals surface area contributed by atoms with Gasteiger partial charge in [-0.15, -0.1) is 0 Å². The zero-order valence-electron chi connectivity index (χ0n) is 10.6. The fourth-order valence-corrected chi connectivity index (χ4v) is 2.85. The molecule has 6 nitrogen and oxygen atoms in total. The molecular formula is C12H17N3O3S. The third kappa shape index (κ3) is 4.00. The van der Waals surface area contributed by atoms with Gasteiger partial charge in [-0.05, 0) is 24.8 Å². The van der Waals surface area contributed by atoms with Crippen molar-refractivity contribution in [3.63, 3.8) is 0 Å². The molecule has 0 spiro atoms. The molecule has 0 saturated carbocycles. The third-order valence-electron chi connectivity index (χ3n) is 3.13. The molecule has 2 rings (SSSR count). The van der Waals surface area contributed by atoms with Crippen LogP contribution in [0.3, 0.4) is 0 Å². The number of carbonyl (C=O) groups excluding carboxylic acids is 1. The lowest BCUT2D eigenvalue weighted by atomic mass is 10.1. The minimum Gasteiger partial charge on any atom is -0.342 e. The highest BCUT2D eigenvalue weighted by molar-refractivity contribution is 7.13. The summed E-state index contributed by atoms with van der Waals surface area (Å²) in [5.74, 6) is 0.115. The van der Waals surface area contributed by atoms with Gasteiger partial charge in [0, 0.05) is 31.1 Å². The number of amides is 1. The monoisotopic (exact) mass is 283 g/mol. The number of hydrogen-bond donors (Lipinski definition) is 1. The lowest BCUT2D eigenvalue weighted by Gasteiger charge is -2.26. The topological polar surface area (TPSA) is 75.5 Å². The van der Waals surface area contributed by atoms with Crippen molar-refractivity contribution >= 4 is 22.2 Å². The van der Waals surface area contributed by atoms with E-state index >= 15 is 0 Å². The van der Waals surface area contributed by atoms with Crippen LogP contribution in [0.25, 0.3) is 0 Å². The lowest BCUT2D eigenvalue weighted by molar-refractivity contribution is -0.380. The Balaban J connectivity index is 1.73. The van der Waals surface area contributed by atoms with Crippen LogP contribution in [0.15, 0.2) is 11.4 Å². The standard InChI is InChI=1S/C12H17N3O3S/c16-11(14-4-2-1-3-5-14)8-13-7-10-6-12(15(17)18)19-9-10/h6,9,13H,1-5,7-8H2. The van der Waals surface area contributed by atoms with E-state index in [1.807, 2.05) is 4.90 Å². The molecule has 1 aliphatic rings. The minimum absolute atomic E-state index is 0.115. The maximum atomic E-state index is 11.9. The third-order valence-corrected chi connectivity index (χ3v) is 4.06. The smallest absolute Gasteiger partial charge is 0.324 e. The van der Waals surface area contributed by atoms with Crippen molar-refractivity contribution in [1.29, 1.82) is 0 Å². The molecule has 1 saturated heterocycles. The van der Waals surface area contributed by atoms with E-state index in [9.17, 15) is 14.9 Å². The molecule has 0 radical (unpaired) electrons. The summed E-state index contributed by atoms with van der Waals surface area (Å²) >= 11 is 1.11. The Morgan fingerprint density at radius 1 is 1.42 bits per heavy atom. The maximum Gasteiger partial charge on any atom is 0.324 e. The zero-order valence-corrected chi connectivity index (χ0v) is 11.4. The molecule has 0 aliphatic carbocycles. The molecule has 2 heterocycles. The van der Waals surface area contributed by atoms with Crippen LogP contribution in [-0.2, 0) is 11.3 Å². The molecule has 7 heteroatoms. The molecule has 1 aliphatic heterocycles. The minimum atomic E-state index is -0.396. The summed E-state index contributed by atoms with van der Waals surface area (Å²) in [5.41, 5.74) is 0.850. The molecule has 0 aromatic carbocycles. The Hall–Kier alpha value is -1.47. The number of nitro groups is 1. The number of hydrogen-bond acceptors (Lipinski definition) is 5. The second-order valence-electron chi connectivity index (χ2n) is 4.60. The summed E-state index contributed by atoms with van der Waals surface area (Å²) in [6, 6.07) is 1.54. The zero-order chi connectivity index (χ0) is 13.7. The van der Waals surface area contributed by atoms with Gasteiger partial charge in [0.05, 0.1) is 11.5 Å². The van der Waals surface area contributed by atoms with Crippen molar-refractivity contribution in [3.8, 4) is 0 Å². The summed E-state index contributed by atoms with van der Waals surface area (Å²) in [4.78, 5) is 23.9. The number of thiophene rings is 1. The Morgan fingerprint density at radius 3 is 2.79 bits per heavy atom. The number of nitrogens with one attached hydrogen (secondary N) is 1. The van der Waals surface area contributed by atoms with E-state index in [-0.39, 0.29) is 10.9 Å². The highest BCUT2D eigenvalue weighted by atomic mass is 32.1. The first-order valence-corrected chi connectivity index (χ1v) is 7.25. The first-order chi connectivity index (χ1) is 9.16. The molecule has 1 amide bonds. The van der Waals surface area contributed by atoms with E-state index in [1.165, 1.54) is 6.42 Å². The Kier molecular flexibility index (Phi) is 4.86. The number of likely N-dealkylation sites (tertiary alicyclic amines) is 1. The van der Waals surface area contributed by atoms with Gasteiger partial charge in [0.1, 0.15) is 0 Å². The van der Waals surface area contributed by atoms with Crippen molar-refractivity contribution in [2.75, 3.05) is 19.6 Å². The average Bonchev–Trinajstić information content (AvgIpc) is 2.89. The molecule has 0 atom stereocenters. The highest BCUT2D eigenvalue weighted by Gasteiger charge is 2.16. The summed E-state index contributed by atoms with van der Waals surface area (Å²) in [6.45, 7) is 2.49. The first-order valence-electron chi connectivity index (χ1n) is 6.37. The molecule has 104 valence electrons. The first kappa shape index (κ1) is 14.0. The van der Waals surface area contributed by atoms with Gasteiger partial charge in [-0.3, -0.25) is 14.9 Å². The van der Waals surface area contributed by atoms with Crippen molar-refractivity contribution in [3.05, 3.63) is 27.1 Å². The van der Waals surface area contributed by atoms with Gasteiger partial charge >= 0.3 is 5.00 Å². The van der Waals surface area contributed by atoms with E-state index in [0.717, 1.165) is 42.8 Å². The van der Waals surface area contributed by atoms with Crippen LogP contribution in [0, 0.1) is 10.1 Å². The van der Waals surface area contributed by atoms with Crippen molar-refractivity contribution < 1.29 is 9.72 Å². The summed E-state index contributed by atoms with van der Waals surface area (Å²) in [6.07, 6.45) is 3.38. The summed E-state index contributed by atoms with van der Waals surface area (Å²) < 4.78 is 0. The second kappa shape index (κ2) is 6.63. The number of rotatable bonds is 5. The van der Waals surface area contributed by atoms with Crippen LogP contribution >= 0.6 is 11.3 Å². The number of piperidine rings is 1. The van der Waals surface area contributed by atoms with E-state index < -0.39 is 4.92 Å². The van der Waals surface area contributed by atoms with E-state index in [4.69, 9.17) is 0 Å². The van der Waals surface area contributed by atoms with Gasteiger partial charge in [-0.2, -0.15) is 0 Å². The quantitative estimate of drug-likeness (QED) is 0.660. The molecule has 0 unspecified atom stereocenters. The molecule has 1 aromatic rings. The molecule has 1 fully saturated rings. The molecule has 19 heavy (non-hydrogen) atoms. The fourth-order valence-electron chi connectivity index (χ4n) is 2.12. The Bertz CT molecular complexity index is 455. The molecular weight excluding hydrogens is 266 g/mol. The van der Waals surface area contributed by atoms with Gasteiger partial charge in [0.15, 0.2) is 0 Å². The number of carbonyl (C=O) groups is 1. The van der Waals surface area contributed by atoms with E-state index in [1.54, 1.807) is 11.4 Å². The van der Waals surface area contributed by atoms with Gasteiger partial charge in [-0.1, -0.05) is 11.3 Å². The molecule has 1 N–H and O–H groups in total. The van der Waals surface area contributed by atoms with Gasteiger partial charge in [-0.25, -0.2) is 0 Å². The van der Waals surface area contributed by atoms with Crippen molar-refractivity contribution in [2.45, 2.75) is 25.8 Å². The Morgan fingerprint density at radius 2 is 2.16 bits per heavy atom. The van der Waals surface area contributed by atoms with E-state index in [0.29, 0.717) is 13.1 Å². The highest BCUT2D eigenvalue weighted by Crippen LogP contribution is 2.22. The SMILES string of the molecule is O=C(CNCc1csc([N+](=O)[O-])c1)N1CCCCC1. The van der Waals surface area contributed by atoms with Crippen molar-refractivity contribution in [2.24, 2.45) is 0 Å². The predicted molar refractivity (Wildman–Crippen MR) is 73.1 cm³/mol. The van der Waals surface area contributed by atoms with Gasteiger partial charge in [0.25, 0.3) is 0 Å². The van der Waals surface area contributed by atoms with Crippen LogP contribution < -0.4 is 5.32 Å². The summed E-state index contributed by atoms with van der Waals surface area (Å²) in [7, 11) is 0. The second-order valence-corrected chi connectivity index (χ2v) is 5.48. The van der Waals surface area contributed by atoms with Gasteiger partial charge in [0.2, 0.25) is 5.91 Å². The van der Waals surface area contributed by atoms with Crippen LogP contribution in [0.5, 0.6) is 0 Å². The fraction of sp³-hybridized carbons (Fsp3) is 0.583. The predicted octanol–water partition coefficient (Wildman–Crippen LogP) is 1.76. The lowest BCUT2D eigenvalue weighted by Crippen LogP contribution is -2.40. The average molecular weight is 283 g/mol.